The van der Waals surface area contributed by atoms with Gasteiger partial charge in [-0.1, -0.05) is 23.9 Å². The van der Waals surface area contributed by atoms with Gasteiger partial charge in [-0.25, -0.2) is 4.98 Å². The molecule has 1 unspecified atom stereocenters. The Balaban J connectivity index is 1.93. The van der Waals surface area contributed by atoms with Crippen molar-refractivity contribution >= 4 is 11.8 Å². The van der Waals surface area contributed by atoms with Crippen LogP contribution in [0.5, 0.6) is 11.5 Å². The Hall–Kier alpha value is -1.68. The van der Waals surface area contributed by atoms with E-state index in [4.69, 9.17) is 4.74 Å². The van der Waals surface area contributed by atoms with Crippen LogP contribution in [0.1, 0.15) is 18.6 Å². The standard InChI is InChI=1S/C14H13NO2S/c1-9-13(10-4-6-11(16)7-5-10)17-12-3-2-8-15-14(12)18-9/h2-9,13,16H,1H3/t9?,13-/m1/s1. The molecule has 0 bridgehead atoms. The zero-order valence-electron chi connectivity index (χ0n) is 9.91. The average molecular weight is 259 g/mol. The fourth-order valence-corrected chi connectivity index (χ4v) is 3.07. The Labute approximate surface area is 110 Å². The summed E-state index contributed by atoms with van der Waals surface area (Å²) >= 11 is 1.72. The van der Waals surface area contributed by atoms with Crippen molar-refractivity contribution in [2.45, 2.75) is 23.3 Å². The van der Waals surface area contributed by atoms with E-state index < -0.39 is 0 Å². The van der Waals surface area contributed by atoms with E-state index in [1.54, 1.807) is 30.1 Å². The summed E-state index contributed by atoms with van der Waals surface area (Å²) in [6, 6.07) is 11.0. The minimum atomic E-state index is -0.00713. The third-order valence-electron chi connectivity index (χ3n) is 2.94. The van der Waals surface area contributed by atoms with Crippen molar-refractivity contribution in [2.24, 2.45) is 0 Å². The molecule has 0 saturated carbocycles. The van der Waals surface area contributed by atoms with Gasteiger partial charge in [-0.15, -0.1) is 0 Å². The van der Waals surface area contributed by atoms with Crippen LogP contribution in [0.4, 0.5) is 0 Å². The van der Waals surface area contributed by atoms with Crippen LogP contribution in [0.15, 0.2) is 47.6 Å². The van der Waals surface area contributed by atoms with Crippen LogP contribution in [0.2, 0.25) is 0 Å². The van der Waals surface area contributed by atoms with E-state index in [0.29, 0.717) is 0 Å². The number of ether oxygens (including phenoxy) is 1. The number of fused-ring (bicyclic) bond motifs is 1. The second-order valence-corrected chi connectivity index (χ2v) is 5.63. The van der Waals surface area contributed by atoms with Crippen molar-refractivity contribution in [2.75, 3.05) is 0 Å². The predicted molar refractivity (Wildman–Crippen MR) is 71.0 cm³/mol. The quantitative estimate of drug-likeness (QED) is 0.852. The summed E-state index contributed by atoms with van der Waals surface area (Å²) in [5.74, 6) is 1.11. The van der Waals surface area contributed by atoms with Crippen LogP contribution in [0.3, 0.4) is 0 Å². The smallest absolute Gasteiger partial charge is 0.152 e. The van der Waals surface area contributed by atoms with E-state index in [1.807, 2.05) is 24.3 Å². The van der Waals surface area contributed by atoms with E-state index in [9.17, 15) is 5.11 Å². The molecule has 2 atom stereocenters. The minimum Gasteiger partial charge on any atom is -0.508 e. The van der Waals surface area contributed by atoms with Gasteiger partial charge < -0.3 is 9.84 Å². The molecule has 3 rings (SSSR count). The van der Waals surface area contributed by atoms with E-state index in [2.05, 4.69) is 11.9 Å². The number of pyridine rings is 1. The third-order valence-corrected chi connectivity index (χ3v) is 4.08. The minimum absolute atomic E-state index is 0.00713. The molecule has 0 saturated heterocycles. The molecule has 0 aliphatic carbocycles. The fourth-order valence-electron chi connectivity index (χ4n) is 2.03. The van der Waals surface area contributed by atoms with Crippen LogP contribution < -0.4 is 4.74 Å². The maximum absolute atomic E-state index is 9.32. The highest BCUT2D eigenvalue weighted by atomic mass is 32.2. The van der Waals surface area contributed by atoms with Crippen molar-refractivity contribution in [1.82, 2.24) is 4.98 Å². The van der Waals surface area contributed by atoms with E-state index in [-0.39, 0.29) is 17.1 Å². The van der Waals surface area contributed by atoms with Crippen LogP contribution >= 0.6 is 11.8 Å². The average Bonchev–Trinajstić information content (AvgIpc) is 2.39. The first-order valence-electron chi connectivity index (χ1n) is 5.81. The van der Waals surface area contributed by atoms with Crippen LogP contribution in [-0.4, -0.2) is 15.3 Å². The van der Waals surface area contributed by atoms with E-state index >= 15 is 0 Å². The Morgan fingerprint density at radius 1 is 1.22 bits per heavy atom. The van der Waals surface area contributed by atoms with Crippen LogP contribution in [0.25, 0.3) is 0 Å². The van der Waals surface area contributed by atoms with Gasteiger partial charge in [-0.05, 0) is 36.8 Å². The van der Waals surface area contributed by atoms with Gasteiger partial charge >= 0.3 is 0 Å². The Kier molecular flexibility index (Phi) is 2.88. The van der Waals surface area contributed by atoms with Gasteiger partial charge in [0, 0.05) is 11.4 Å². The number of aromatic nitrogens is 1. The zero-order valence-corrected chi connectivity index (χ0v) is 10.7. The topological polar surface area (TPSA) is 42.4 Å². The number of rotatable bonds is 1. The highest BCUT2D eigenvalue weighted by molar-refractivity contribution is 8.00. The van der Waals surface area contributed by atoms with Gasteiger partial charge in [0.2, 0.25) is 0 Å². The van der Waals surface area contributed by atoms with Gasteiger partial charge in [-0.2, -0.15) is 0 Å². The lowest BCUT2D eigenvalue weighted by molar-refractivity contribution is 0.193. The van der Waals surface area contributed by atoms with Crippen molar-refractivity contribution in [3.8, 4) is 11.5 Å². The van der Waals surface area contributed by atoms with Crippen molar-refractivity contribution in [3.63, 3.8) is 0 Å². The Morgan fingerprint density at radius 3 is 2.78 bits per heavy atom. The number of aromatic hydroxyl groups is 1. The first kappa shape index (κ1) is 11.4. The molecule has 18 heavy (non-hydrogen) atoms. The summed E-state index contributed by atoms with van der Waals surface area (Å²) in [5, 5.41) is 10.6. The van der Waals surface area contributed by atoms with E-state index in [1.165, 1.54) is 0 Å². The molecule has 1 aromatic heterocycles. The highest BCUT2D eigenvalue weighted by Crippen LogP contribution is 2.43. The molecule has 92 valence electrons. The molecule has 2 aromatic rings. The van der Waals surface area contributed by atoms with Gasteiger partial charge in [0.05, 0.1) is 0 Å². The van der Waals surface area contributed by atoms with Gasteiger partial charge in [0.15, 0.2) is 5.75 Å². The number of benzene rings is 1. The zero-order chi connectivity index (χ0) is 12.5. The maximum Gasteiger partial charge on any atom is 0.152 e. The summed E-state index contributed by atoms with van der Waals surface area (Å²) in [6.07, 6.45) is 1.77. The maximum atomic E-state index is 9.32. The Morgan fingerprint density at radius 2 is 2.00 bits per heavy atom. The number of phenolic OH excluding ortho intramolecular Hbond substituents is 1. The van der Waals surface area contributed by atoms with Crippen molar-refractivity contribution < 1.29 is 9.84 Å². The summed E-state index contributed by atoms with van der Waals surface area (Å²) in [7, 11) is 0. The molecule has 1 aliphatic heterocycles. The summed E-state index contributed by atoms with van der Waals surface area (Å²) < 4.78 is 6.01. The molecule has 0 amide bonds. The van der Waals surface area contributed by atoms with Gasteiger partial charge in [0.1, 0.15) is 16.9 Å². The monoisotopic (exact) mass is 259 g/mol. The molecule has 1 N–H and O–H groups in total. The SMILES string of the molecule is CC1Sc2ncccc2O[C@H]1c1ccc(O)cc1. The summed E-state index contributed by atoms with van der Waals surface area (Å²) in [6.45, 7) is 2.12. The van der Waals surface area contributed by atoms with Crippen LogP contribution in [0, 0.1) is 0 Å². The third kappa shape index (κ3) is 2.04. The molecule has 4 heteroatoms. The molecule has 0 radical (unpaired) electrons. The molecule has 2 heterocycles. The molecule has 3 nitrogen and oxygen atoms in total. The van der Waals surface area contributed by atoms with Gasteiger partial charge in [0.25, 0.3) is 0 Å². The summed E-state index contributed by atoms with van der Waals surface area (Å²) in [5.41, 5.74) is 1.07. The molecular formula is C14H13NO2S. The largest absolute Gasteiger partial charge is 0.508 e. The normalized spacial score (nSPS) is 22.1. The number of hydrogen-bond acceptors (Lipinski definition) is 4. The molecule has 1 aromatic carbocycles. The first-order valence-corrected chi connectivity index (χ1v) is 6.69. The lowest BCUT2D eigenvalue weighted by Crippen LogP contribution is -2.22. The second kappa shape index (κ2) is 4.53. The lowest BCUT2D eigenvalue weighted by Gasteiger charge is -2.30. The Bertz CT molecular complexity index is 556. The molecule has 0 fully saturated rings. The molecular weight excluding hydrogens is 246 g/mol. The number of phenols is 1. The van der Waals surface area contributed by atoms with Crippen LogP contribution in [-0.2, 0) is 0 Å². The highest BCUT2D eigenvalue weighted by Gasteiger charge is 2.29. The first-order chi connectivity index (χ1) is 8.74. The van der Waals surface area contributed by atoms with E-state index in [0.717, 1.165) is 16.3 Å². The number of hydrogen-bond donors (Lipinski definition) is 1. The second-order valence-electron chi connectivity index (χ2n) is 4.26. The van der Waals surface area contributed by atoms with Gasteiger partial charge in [-0.3, -0.25) is 0 Å². The lowest BCUT2D eigenvalue weighted by atomic mass is 10.1. The molecule has 0 spiro atoms. The molecule has 1 aliphatic rings. The summed E-state index contributed by atoms with van der Waals surface area (Å²) in [4.78, 5) is 4.31. The number of thioether (sulfide) groups is 1. The van der Waals surface area contributed by atoms with Crippen molar-refractivity contribution in [1.29, 1.82) is 0 Å². The number of nitrogens with zero attached hydrogens (tertiary/aromatic N) is 1. The fraction of sp³-hybridized carbons (Fsp3) is 0.214. The predicted octanol–water partition coefficient (Wildman–Crippen LogP) is 3.40. The van der Waals surface area contributed by atoms with Crippen molar-refractivity contribution in [3.05, 3.63) is 48.2 Å².